The van der Waals surface area contributed by atoms with Gasteiger partial charge in [0.05, 0.1) is 0 Å². The summed E-state index contributed by atoms with van der Waals surface area (Å²) in [4.78, 5) is 51.9. The Bertz CT molecular complexity index is 943. The molecular formula is C20H22N4O5. The number of nitrogens with zero attached hydrogens (tertiary/aromatic N) is 1. The number of amides is 4. The zero-order chi connectivity index (χ0) is 20.8. The topological polar surface area (TPSA) is 117 Å². The fourth-order valence-electron chi connectivity index (χ4n) is 2.89. The second-order valence-electron chi connectivity index (χ2n) is 6.47. The highest BCUT2D eigenvalue weighted by Gasteiger charge is 2.32. The van der Waals surface area contributed by atoms with Gasteiger partial charge in [0, 0.05) is 37.2 Å². The first kappa shape index (κ1) is 20.3. The predicted molar refractivity (Wildman–Crippen MR) is 106 cm³/mol. The van der Waals surface area contributed by atoms with Gasteiger partial charge < -0.3 is 15.5 Å². The monoisotopic (exact) mass is 398 g/mol. The van der Waals surface area contributed by atoms with Crippen molar-refractivity contribution in [3.05, 3.63) is 42.0 Å². The van der Waals surface area contributed by atoms with Crippen LogP contribution < -0.4 is 16.0 Å². The van der Waals surface area contributed by atoms with Gasteiger partial charge in [-0.15, -0.1) is 5.06 Å². The van der Waals surface area contributed by atoms with E-state index in [4.69, 9.17) is 4.84 Å². The van der Waals surface area contributed by atoms with Crippen molar-refractivity contribution in [3.8, 4) is 0 Å². The second-order valence-corrected chi connectivity index (χ2v) is 6.47. The third-order valence-electron chi connectivity index (χ3n) is 4.37. The third-order valence-corrected chi connectivity index (χ3v) is 4.37. The molecule has 3 rings (SSSR count). The van der Waals surface area contributed by atoms with E-state index in [1.165, 1.54) is 0 Å². The first-order valence-electron chi connectivity index (χ1n) is 9.35. The van der Waals surface area contributed by atoms with Crippen LogP contribution in [0.15, 0.2) is 36.4 Å². The lowest BCUT2D eigenvalue weighted by atomic mass is 10.1. The van der Waals surface area contributed by atoms with Crippen LogP contribution in [0, 0.1) is 0 Å². The summed E-state index contributed by atoms with van der Waals surface area (Å²) in [6.45, 7) is 4.09. The number of carbonyl (C=O) groups is 4. The van der Waals surface area contributed by atoms with Crippen molar-refractivity contribution in [1.29, 1.82) is 0 Å². The molecule has 29 heavy (non-hydrogen) atoms. The van der Waals surface area contributed by atoms with Crippen molar-refractivity contribution in [1.82, 2.24) is 15.7 Å². The maximum Gasteiger partial charge on any atom is 0.436 e. The molecule has 3 N–H and O–H groups in total. The van der Waals surface area contributed by atoms with E-state index in [2.05, 4.69) is 16.0 Å². The standard InChI is InChI=1S/C20H22N4O5/c1-2-21-9-10-22-19(27)15-4-3-14-12-16(6-5-13(14)11-15)23-20(28)29-24-17(25)7-8-18(24)26/h3-6,11-12,21H,2,7-10H2,1H3,(H,22,27)(H,23,28). The number of hydrogen-bond acceptors (Lipinski definition) is 6. The van der Waals surface area contributed by atoms with Gasteiger partial charge in [0.2, 0.25) is 0 Å². The maximum atomic E-state index is 12.2. The second kappa shape index (κ2) is 9.16. The molecule has 0 saturated carbocycles. The fraction of sp³-hybridized carbons (Fsp3) is 0.300. The van der Waals surface area contributed by atoms with Gasteiger partial charge in [-0.3, -0.25) is 19.7 Å². The van der Waals surface area contributed by atoms with Crippen LogP contribution in [0.2, 0.25) is 0 Å². The molecule has 1 heterocycles. The summed E-state index contributed by atoms with van der Waals surface area (Å²) >= 11 is 0. The third kappa shape index (κ3) is 5.08. The zero-order valence-corrected chi connectivity index (χ0v) is 16.0. The van der Waals surface area contributed by atoms with Crippen LogP contribution in [-0.2, 0) is 14.4 Å². The Balaban J connectivity index is 1.63. The molecular weight excluding hydrogens is 376 g/mol. The molecule has 2 aromatic rings. The van der Waals surface area contributed by atoms with Crippen LogP contribution in [0.3, 0.4) is 0 Å². The van der Waals surface area contributed by atoms with E-state index in [-0.39, 0.29) is 18.7 Å². The highest BCUT2D eigenvalue weighted by molar-refractivity contribution is 6.02. The van der Waals surface area contributed by atoms with Crippen LogP contribution in [0.4, 0.5) is 10.5 Å². The molecule has 9 heteroatoms. The number of hydroxylamine groups is 2. The van der Waals surface area contributed by atoms with E-state index < -0.39 is 17.9 Å². The largest absolute Gasteiger partial charge is 0.436 e. The average Bonchev–Trinajstić information content (AvgIpc) is 3.02. The Morgan fingerprint density at radius 3 is 2.41 bits per heavy atom. The molecule has 0 unspecified atom stereocenters. The minimum absolute atomic E-state index is 0.0348. The van der Waals surface area contributed by atoms with E-state index >= 15 is 0 Å². The van der Waals surface area contributed by atoms with E-state index in [0.29, 0.717) is 29.4 Å². The number of nitrogens with one attached hydrogen (secondary N) is 3. The Kier molecular flexibility index (Phi) is 6.40. The van der Waals surface area contributed by atoms with Crippen molar-refractivity contribution < 1.29 is 24.0 Å². The van der Waals surface area contributed by atoms with Crippen LogP contribution in [-0.4, -0.2) is 48.5 Å². The summed E-state index contributed by atoms with van der Waals surface area (Å²) in [6.07, 6.45) is -0.857. The summed E-state index contributed by atoms with van der Waals surface area (Å²) in [5, 5.41) is 10.6. The van der Waals surface area contributed by atoms with Gasteiger partial charge in [0.25, 0.3) is 17.7 Å². The van der Waals surface area contributed by atoms with Gasteiger partial charge in [-0.05, 0) is 41.6 Å². The summed E-state index contributed by atoms with van der Waals surface area (Å²) < 4.78 is 0. The summed E-state index contributed by atoms with van der Waals surface area (Å²) in [5.41, 5.74) is 0.976. The van der Waals surface area contributed by atoms with Crippen molar-refractivity contribution in [2.24, 2.45) is 0 Å². The highest BCUT2D eigenvalue weighted by atomic mass is 16.7. The molecule has 0 radical (unpaired) electrons. The number of carbonyl (C=O) groups excluding carboxylic acids is 4. The van der Waals surface area contributed by atoms with Gasteiger partial charge in [-0.1, -0.05) is 19.1 Å². The van der Waals surface area contributed by atoms with Crippen molar-refractivity contribution >= 4 is 40.3 Å². The number of imide groups is 1. The lowest BCUT2D eigenvalue weighted by Gasteiger charge is -2.13. The van der Waals surface area contributed by atoms with Gasteiger partial charge in [-0.2, -0.15) is 0 Å². The molecule has 1 fully saturated rings. The number of anilines is 1. The van der Waals surface area contributed by atoms with E-state index in [1.54, 1.807) is 36.4 Å². The molecule has 0 atom stereocenters. The molecule has 1 aliphatic rings. The lowest BCUT2D eigenvalue weighted by molar-refractivity contribution is -0.170. The molecule has 1 saturated heterocycles. The lowest BCUT2D eigenvalue weighted by Crippen LogP contribution is -2.33. The number of hydrogen-bond donors (Lipinski definition) is 3. The minimum Gasteiger partial charge on any atom is -0.351 e. The quantitative estimate of drug-likeness (QED) is 0.484. The Morgan fingerprint density at radius 2 is 1.69 bits per heavy atom. The van der Waals surface area contributed by atoms with E-state index in [0.717, 1.165) is 17.3 Å². The first-order valence-corrected chi connectivity index (χ1v) is 9.35. The molecule has 0 aliphatic carbocycles. The minimum atomic E-state index is -0.926. The number of rotatable bonds is 7. The van der Waals surface area contributed by atoms with Crippen molar-refractivity contribution in [3.63, 3.8) is 0 Å². The van der Waals surface area contributed by atoms with E-state index in [9.17, 15) is 19.2 Å². The van der Waals surface area contributed by atoms with Crippen LogP contribution in [0.5, 0.6) is 0 Å². The zero-order valence-electron chi connectivity index (χ0n) is 16.0. The fourth-order valence-corrected chi connectivity index (χ4v) is 2.89. The van der Waals surface area contributed by atoms with Gasteiger partial charge in [0.1, 0.15) is 0 Å². The average molecular weight is 398 g/mol. The number of fused-ring (bicyclic) bond motifs is 1. The maximum absolute atomic E-state index is 12.2. The number of likely N-dealkylation sites (N-methyl/N-ethyl adjacent to an activating group) is 1. The molecule has 4 amide bonds. The Morgan fingerprint density at radius 1 is 1.00 bits per heavy atom. The molecule has 152 valence electrons. The summed E-state index contributed by atoms with van der Waals surface area (Å²) in [7, 11) is 0. The molecule has 2 aromatic carbocycles. The van der Waals surface area contributed by atoms with Crippen molar-refractivity contribution in [2.75, 3.05) is 25.0 Å². The Labute approximate surface area is 167 Å². The summed E-state index contributed by atoms with van der Waals surface area (Å²) in [6, 6.07) is 10.3. The van der Waals surface area contributed by atoms with Crippen LogP contribution >= 0.6 is 0 Å². The van der Waals surface area contributed by atoms with Gasteiger partial charge in [-0.25, -0.2) is 4.79 Å². The van der Waals surface area contributed by atoms with Crippen LogP contribution in [0.25, 0.3) is 10.8 Å². The molecule has 0 spiro atoms. The predicted octanol–water partition coefficient (Wildman–Crippen LogP) is 1.79. The van der Waals surface area contributed by atoms with Crippen molar-refractivity contribution in [2.45, 2.75) is 19.8 Å². The first-order chi connectivity index (χ1) is 14.0. The summed E-state index contributed by atoms with van der Waals surface area (Å²) in [5.74, 6) is -1.24. The van der Waals surface area contributed by atoms with Gasteiger partial charge in [0.15, 0.2) is 0 Å². The smallest absolute Gasteiger partial charge is 0.351 e. The van der Waals surface area contributed by atoms with Gasteiger partial charge >= 0.3 is 6.09 Å². The molecule has 9 nitrogen and oxygen atoms in total. The van der Waals surface area contributed by atoms with Crippen LogP contribution in [0.1, 0.15) is 30.1 Å². The SMILES string of the molecule is CCNCCNC(=O)c1ccc2cc(NC(=O)ON3C(=O)CCC3=O)ccc2c1. The highest BCUT2D eigenvalue weighted by Crippen LogP contribution is 2.21. The molecule has 0 bridgehead atoms. The van der Waals surface area contributed by atoms with E-state index in [1.807, 2.05) is 6.92 Å². The molecule has 0 aromatic heterocycles. The number of benzene rings is 2. The normalized spacial score (nSPS) is 13.6. The molecule has 1 aliphatic heterocycles. The Hall–Kier alpha value is -3.46.